The third kappa shape index (κ3) is 1.72. The second kappa shape index (κ2) is 3.95. The third-order valence-electron chi connectivity index (χ3n) is 4.58. The van der Waals surface area contributed by atoms with Gasteiger partial charge in [0.2, 0.25) is 0 Å². The van der Waals surface area contributed by atoms with Gasteiger partial charge in [0, 0.05) is 6.54 Å². The molecule has 1 aliphatic carbocycles. The first-order valence-electron chi connectivity index (χ1n) is 6.72. The van der Waals surface area contributed by atoms with Gasteiger partial charge in [-0.25, -0.2) is 0 Å². The summed E-state index contributed by atoms with van der Waals surface area (Å²) in [6.07, 6.45) is 2.68. The first kappa shape index (κ1) is 12.0. The molecular weight excluding hydrogens is 240 g/mol. The van der Waals surface area contributed by atoms with E-state index in [4.69, 9.17) is 12.2 Å². The highest BCUT2D eigenvalue weighted by atomic mass is 32.1. The number of fused-ring (bicyclic) bond motifs is 1. The molecule has 0 saturated heterocycles. The number of hydrogen-bond acceptors (Lipinski definition) is 1. The summed E-state index contributed by atoms with van der Waals surface area (Å²) in [5.74, 6) is 0.730. The van der Waals surface area contributed by atoms with Crippen LogP contribution in [0.4, 0.5) is 0 Å². The monoisotopic (exact) mass is 260 g/mol. The standard InChI is InChI=1S/C15H20N2S/c1-10(2)15(7-8-15)9-17-13-11(3)5-4-6-12(13)16-14(17)18/h4-6,10H,7-9H2,1-3H3,(H,16,18). The van der Waals surface area contributed by atoms with Crippen molar-refractivity contribution in [3.05, 3.63) is 28.5 Å². The first-order chi connectivity index (χ1) is 8.53. The predicted molar refractivity (Wildman–Crippen MR) is 78.4 cm³/mol. The number of benzene rings is 1. The van der Waals surface area contributed by atoms with Gasteiger partial charge in [0.05, 0.1) is 11.0 Å². The van der Waals surface area contributed by atoms with Gasteiger partial charge in [0.15, 0.2) is 4.77 Å². The van der Waals surface area contributed by atoms with Crippen molar-refractivity contribution >= 4 is 23.3 Å². The van der Waals surface area contributed by atoms with E-state index in [1.165, 1.54) is 29.4 Å². The topological polar surface area (TPSA) is 20.7 Å². The van der Waals surface area contributed by atoms with E-state index in [0.29, 0.717) is 5.41 Å². The maximum Gasteiger partial charge on any atom is 0.178 e. The van der Waals surface area contributed by atoms with E-state index in [2.05, 4.69) is 48.5 Å². The number of aromatic amines is 1. The van der Waals surface area contributed by atoms with Crippen LogP contribution in [-0.4, -0.2) is 9.55 Å². The van der Waals surface area contributed by atoms with Crippen LogP contribution in [0.25, 0.3) is 11.0 Å². The Morgan fingerprint density at radius 1 is 1.39 bits per heavy atom. The minimum atomic E-state index is 0.482. The van der Waals surface area contributed by atoms with Crippen LogP contribution < -0.4 is 0 Å². The molecule has 0 amide bonds. The van der Waals surface area contributed by atoms with Gasteiger partial charge in [0.1, 0.15) is 0 Å². The maximum atomic E-state index is 5.50. The summed E-state index contributed by atoms with van der Waals surface area (Å²) in [4.78, 5) is 3.33. The Bertz CT molecular complexity index is 644. The molecule has 96 valence electrons. The lowest BCUT2D eigenvalue weighted by Gasteiger charge is -2.21. The second-order valence-corrected chi connectivity index (χ2v) is 6.39. The number of aryl methyl sites for hydroxylation is 1. The predicted octanol–water partition coefficient (Wildman–Crippen LogP) is 4.44. The summed E-state index contributed by atoms with van der Waals surface area (Å²) >= 11 is 5.50. The van der Waals surface area contributed by atoms with Crippen LogP contribution in [0, 0.1) is 23.0 Å². The van der Waals surface area contributed by atoms with Crippen molar-refractivity contribution in [3.8, 4) is 0 Å². The van der Waals surface area contributed by atoms with E-state index in [0.717, 1.165) is 17.2 Å². The molecule has 1 N–H and O–H groups in total. The molecule has 0 radical (unpaired) electrons. The molecule has 0 spiro atoms. The Labute approximate surface area is 113 Å². The Kier molecular flexibility index (Phi) is 2.63. The van der Waals surface area contributed by atoms with Crippen molar-refractivity contribution in [1.29, 1.82) is 0 Å². The van der Waals surface area contributed by atoms with E-state index >= 15 is 0 Å². The number of H-pyrrole nitrogens is 1. The number of para-hydroxylation sites is 1. The van der Waals surface area contributed by atoms with Gasteiger partial charge in [-0.1, -0.05) is 26.0 Å². The van der Waals surface area contributed by atoms with Gasteiger partial charge in [-0.2, -0.15) is 0 Å². The Hall–Kier alpha value is -1.09. The zero-order chi connectivity index (χ0) is 12.9. The highest BCUT2D eigenvalue weighted by molar-refractivity contribution is 7.71. The number of nitrogens with one attached hydrogen (secondary N) is 1. The van der Waals surface area contributed by atoms with Gasteiger partial charge in [0.25, 0.3) is 0 Å². The molecule has 1 aliphatic rings. The molecule has 0 aliphatic heterocycles. The van der Waals surface area contributed by atoms with Crippen molar-refractivity contribution < 1.29 is 0 Å². The highest BCUT2D eigenvalue weighted by Gasteiger charge is 2.45. The fraction of sp³-hybridized carbons (Fsp3) is 0.533. The van der Waals surface area contributed by atoms with E-state index in [1.807, 2.05) is 0 Å². The Morgan fingerprint density at radius 3 is 2.72 bits per heavy atom. The summed E-state index contributed by atoms with van der Waals surface area (Å²) < 4.78 is 3.18. The van der Waals surface area contributed by atoms with Gasteiger partial charge < -0.3 is 9.55 Å². The maximum absolute atomic E-state index is 5.50. The molecule has 2 nitrogen and oxygen atoms in total. The van der Waals surface area contributed by atoms with Crippen LogP contribution in [0.15, 0.2) is 18.2 Å². The molecule has 3 heteroatoms. The molecule has 0 atom stereocenters. The van der Waals surface area contributed by atoms with Crippen molar-refractivity contribution in [3.63, 3.8) is 0 Å². The number of rotatable bonds is 3. The summed E-state index contributed by atoms with van der Waals surface area (Å²) in [6, 6.07) is 6.36. The second-order valence-electron chi connectivity index (χ2n) is 6.00. The average Bonchev–Trinajstić information content (AvgIpc) is 3.01. The summed E-state index contributed by atoms with van der Waals surface area (Å²) in [5.41, 5.74) is 4.24. The first-order valence-corrected chi connectivity index (χ1v) is 7.12. The van der Waals surface area contributed by atoms with E-state index in [-0.39, 0.29) is 0 Å². The Morgan fingerprint density at radius 2 is 2.11 bits per heavy atom. The molecule has 1 saturated carbocycles. The minimum Gasteiger partial charge on any atom is -0.331 e. The third-order valence-corrected chi connectivity index (χ3v) is 4.91. The van der Waals surface area contributed by atoms with Crippen LogP contribution in [0.2, 0.25) is 0 Å². The molecule has 1 fully saturated rings. The van der Waals surface area contributed by atoms with E-state index in [1.54, 1.807) is 0 Å². The fourth-order valence-electron chi connectivity index (χ4n) is 2.95. The van der Waals surface area contributed by atoms with E-state index in [9.17, 15) is 0 Å². The Balaban J connectivity index is 2.12. The van der Waals surface area contributed by atoms with Crippen molar-refractivity contribution in [2.45, 2.75) is 40.2 Å². The molecule has 18 heavy (non-hydrogen) atoms. The van der Waals surface area contributed by atoms with Crippen LogP contribution in [0.5, 0.6) is 0 Å². The van der Waals surface area contributed by atoms with Gasteiger partial charge in [-0.05, 0) is 54.9 Å². The molecule has 2 aromatic rings. The molecule has 0 unspecified atom stereocenters. The van der Waals surface area contributed by atoms with Crippen LogP contribution >= 0.6 is 12.2 Å². The van der Waals surface area contributed by atoms with Gasteiger partial charge >= 0.3 is 0 Å². The summed E-state index contributed by atoms with van der Waals surface area (Å²) in [6.45, 7) is 7.89. The number of imidazole rings is 1. The average molecular weight is 260 g/mol. The van der Waals surface area contributed by atoms with E-state index < -0.39 is 0 Å². The lowest BCUT2D eigenvalue weighted by molar-refractivity contribution is 0.311. The van der Waals surface area contributed by atoms with Crippen molar-refractivity contribution in [2.75, 3.05) is 0 Å². The molecule has 1 heterocycles. The minimum absolute atomic E-state index is 0.482. The zero-order valence-corrected chi connectivity index (χ0v) is 12.1. The summed E-state index contributed by atoms with van der Waals surface area (Å²) in [7, 11) is 0. The smallest absolute Gasteiger partial charge is 0.178 e. The molecule has 0 bridgehead atoms. The molecule has 1 aromatic carbocycles. The molecule has 3 rings (SSSR count). The van der Waals surface area contributed by atoms with Crippen molar-refractivity contribution in [1.82, 2.24) is 9.55 Å². The largest absolute Gasteiger partial charge is 0.331 e. The summed E-state index contributed by atoms with van der Waals surface area (Å²) in [5, 5.41) is 0. The van der Waals surface area contributed by atoms with Crippen LogP contribution in [-0.2, 0) is 6.54 Å². The van der Waals surface area contributed by atoms with Crippen LogP contribution in [0.1, 0.15) is 32.3 Å². The molecule has 1 aromatic heterocycles. The quantitative estimate of drug-likeness (QED) is 0.809. The number of hydrogen-bond donors (Lipinski definition) is 1. The lowest BCUT2D eigenvalue weighted by atomic mass is 9.92. The zero-order valence-electron chi connectivity index (χ0n) is 11.3. The van der Waals surface area contributed by atoms with Crippen LogP contribution in [0.3, 0.4) is 0 Å². The van der Waals surface area contributed by atoms with Gasteiger partial charge in [-0.3, -0.25) is 0 Å². The fourth-order valence-corrected chi connectivity index (χ4v) is 3.21. The highest BCUT2D eigenvalue weighted by Crippen LogP contribution is 2.53. The van der Waals surface area contributed by atoms with Gasteiger partial charge in [-0.15, -0.1) is 0 Å². The van der Waals surface area contributed by atoms with Crippen molar-refractivity contribution in [2.24, 2.45) is 11.3 Å². The molecular formula is C15H20N2S. The SMILES string of the molecule is Cc1cccc2[nH]c(=S)n(CC3(C(C)C)CC3)c12. The normalized spacial score (nSPS) is 17.6. The lowest BCUT2D eigenvalue weighted by Crippen LogP contribution is -2.18. The number of aromatic nitrogens is 2. The number of nitrogens with zero attached hydrogens (tertiary/aromatic N) is 1.